The molecule has 2 aliphatic heterocycles. The van der Waals surface area contributed by atoms with Crippen molar-refractivity contribution in [3.63, 3.8) is 0 Å². The molecule has 0 atom stereocenters. The molecule has 8 heteroatoms. The first-order chi connectivity index (χ1) is 12.0. The molecule has 1 fully saturated rings. The molecule has 1 aromatic rings. The molecular weight excluding hydrogens is 320 g/mol. The highest BCUT2D eigenvalue weighted by Crippen LogP contribution is 2.10. The summed E-state index contributed by atoms with van der Waals surface area (Å²) in [6, 6.07) is 0.178. The van der Waals surface area contributed by atoms with Gasteiger partial charge in [-0.15, -0.1) is 0 Å². The molecule has 1 amide bonds. The van der Waals surface area contributed by atoms with E-state index >= 15 is 0 Å². The molecule has 0 aliphatic carbocycles. The maximum atomic E-state index is 12.5. The summed E-state index contributed by atoms with van der Waals surface area (Å²) >= 11 is 0. The van der Waals surface area contributed by atoms with Crippen molar-refractivity contribution in [1.29, 1.82) is 0 Å². The van der Waals surface area contributed by atoms with Crippen molar-refractivity contribution < 1.29 is 4.79 Å². The third kappa shape index (κ3) is 4.70. The molecule has 0 spiro atoms. The first-order valence-corrected chi connectivity index (χ1v) is 9.43. The number of carbonyl (C=O) groups excluding carboxylic acids is 1. The predicted molar refractivity (Wildman–Crippen MR) is 95.3 cm³/mol. The third-order valence-electron chi connectivity index (χ3n) is 4.90. The second-order valence-corrected chi connectivity index (χ2v) is 7.42. The number of rotatable bonds is 5. The zero-order valence-corrected chi connectivity index (χ0v) is 15.4. The number of aryl methyl sites for hydroxylation is 1. The highest BCUT2D eigenvalue weighted by Gasteiger charge is 2.22. The van der Waals surface area contributed by atoms with Gasteiger partial charge in [0.2, 0.25) is 5.91 Å². The summed E-state index contributed by atoms with van der Waals surface area (Å²) in [5, 5.41) is 7.48. The molecule has 0 unspecified atom stereocenters. The minimum absolute atomic E-state index is 0.0237. The largest absolute Gasteiger partial charge is 0.353 e. The van der Waals surface area contributed by atoms with Gasteiger partial charge in [-0.25, -0.2) is 4.79 Å². The van der Waals surface area contributed by atoms with Crippen LogP contribution in [0.1, 0.15) is 38.9 Å². The van der Waals surface area contributed by atoms with E-state index in [4.69, 9.17) is 0 Å². The Balaban J connectivity index is 1.51. The zero-order chi connectivity index (χ0) is 17.8. The van der Waals surface area contributed by atoms with Crippen molar-refractivity contribution in [2.75, 3.05) is 32.7 Å². The van der Waals surface area contributed by atoms with Gasteiger partial charge in [0.15, 0.2) is 0 Å². The molecule has 2 aliphatic rings. The Labute approximate surface area is 148 Å². The molecule has 1 N–H and O–H groups in total. The number of amides is 1. The average Bonchev–Trinajstić information content (AvgIpc) is 2.74. The lowest BCUT2D eigenvalue weighted by Gasteiger charge is -2.33. The Bertz CT molecular complexity index is 642. The van der Waals surface area contributed by atoms with Crippen LogP contribution < -0.4 is 11.0 Å². The summed E-state index contributed by atoms with van der Waals surface area (Å²) in [6.07, 6.45) is 4.26. The zero-order valence-electron chi connectivity index (χ0n) is 15.4. The van der Waals surface area contributed by atoms with E-state index in [9.17, 15) is 9.59 Å². The number of fused-ring (bicyclic) bond motifs is 1. The van der Waals surface area contributed by atoms with E-state index < -0.39 is 0 Å². The molecule has 140 valence electrons. The Morgan fingerprint density at radius 2 is 1.80 bits per heavy atom. The highest BCUT2D eigenvalue weighted by molar-refractivity contribution is 5.78. The summed E-state index contributed by atoms with van der Waals surface area (Å²) in [7, 11) is 0. The Kier molecular flexibility index (Phi) is 5.90. The number of nitrogens with one attached hydrogen (secondary N) is 1. The molecule has 3 heterocycles. The second kappa shape index (κ2) is 8.14. The van der Waals surface area contributed by atoms with Crippen LogP contribution in [0, 0.1) is 0 Å². The van der Waals surface area contributed by atoms with Gasteiger partial charge < -0.3 is 5.32 Å². The van der Waals surface area contributed by atoms with Gasteiger partial charge in [0.1, 0.15) is 5.82 Å². The van der Waals surface area contributed by atoms with Crippen LogP contribution in [0.4, 0.5) is 0 Å². The molecule has 1 aromatic heterocycles. The van der Waals surface area contributed by atoms with E-state index in [1.54, 1.807) is 4.68 Å². The van der Waals surface area contributed by atoms with Crippen LogP contribution in [-0.4, -0.2) is 68.8 Å². The maximum absolute atomic E-state index is 12.5. The van der Waals surface area contributed by atoms with Crippen LogP contribution in [0.25, 0.3) is 0 Å². The molecule has 0 aromatic carbocycles. The number of aromatic nitrogens is 3. The summed E-state index contributed by atoms with van der Waals surface area (Å²) in [5.41, 5.74) is 0.0237. The fourth-order valence-electron chi connectivity index (χ4n) is 3.57. The highest BCUT2D eigenvalue weighted by atomic mass is 16.2. The number of hydrogen-bond donors (Lipinski definition) is 1. The molecule has 0 bridgehead atoms. The SMILES string of the molecule is CC(C)NC(=O)CN1CCN(Cn2nc3n(c2=O)CCCCC3)CC1. The van der Waals surface area contributed by atoms with Gasteiger partial charge in [-0.1, -0.05) is 6.42 Å². The Hall–Kier alpha value is -1.67. The topological polar surface area (TPSA) is 75.4 Å². The first-order valence-electron chi connectivity index (χ1n) is 9.43. The van der Waals surface area contributed by atoms with Crippen molar-refractivity contribution >= 4 is 5.91 Å². The molecule has 25 heavy (non-hydrogen) atoms. The number of hydrogen-bond acceptors (Lipinski definition) is 5. The summed E-state index contributed by atoms with van der Waals surface area (Å²) in [4.78, 5) is 28.8. The lowest BCUT2D eigenvalue weighted by atomic mass is 10.2. The fourth-order valence-corrected chi connectivity index (χ4v) is 3.57. The van der Waals surface area contributed by atoms with Gasteiger partial charge in [-0.3, -0.25) is 19.2 Å². The average molecular weight is 350 g/mol. The van der Waals surface area contributed by atoms with Crippen molar-refractivity contribution in [3.8, 4) is 0 Å². The molecule has 8 nitrogen and oxygen atoms in total. The normalized spacial score (nSPS) is 19.6. The van der Waals surface area contributed by atoms with Crippen LogP contribution in [-0.2, 0) is 24.4 Å². The molecular formula is C17H30N6O2. The number of piperazine rings is 1. The van der Waals surface area contributed by atoms with Gasteiger partial charge in [0, 0.05) is 45.2 Å². The lowest BCUT2D eigenvalue weighted by molar-refractivity contribution is -0.123. The predicted octanol–water partition coefficient (Wildman–Crippen LogP) is -0.129. The molecule has 0 saturated carbocycles. The summed E-state index contributed by atoms with van der Waals surface area (Å²) in [6.45, 7) is 9.12. The van der Waals surface area contributed by atoms with Crippen LogP contribution >= 0.6 is 0 Å². The minimum atomic E-state index is 0.0237. The molecule has 0 radical (unpaired) electrons. The van der Waals surface area contributed by atoms with Gasteiger partial charge in [-0.2, -0.15) is 9.78 Å². The van der Waals surface area contributed by atoms with Crippen molar-refractivity contribution in [2.45, 2.75) is 58.8 Å². The van der Waals surface area contributed by atoms with E-state index in [2.05, 4.69) is 20.2 Å². The van der Waals surface area contributed by atoms with Gasteiger partial charge >= 0.3 is 5.69 Å². The van der Waals surface area contributed by atoms with Crippen LogP contribution in [0.2, 0.25) is 0 Å². The fraction of sp³-hybridized carbons (Fsp3) is 0.824. The molecule has 3 rings (SSSR count). The van der Waals surface area contributed by atoms with E-state index in [0.717, 1.165) is 57.8 Å². The van der Waals surface area contributed by atoms with Gasteiger partial charge in [-0.05, 0) is 26.7 Å². The van der Waals surface area contributed by atoms with E-state index in [0.29, 0.717) is 13.2 Å². The monoisotopic (exact) mass is 350 g/mol. The minimum Gasteiger partial charge on any atom is -0.353 e. The Morgan fingerprint density at radius 1 is 1.08 bits per heavy atom. The van der Waals surface area contributed by atoms with E-state index in [1.807, 2.05) is 18.4 Å². The maximum Gasteiger partial charge on any atom is 0.347 e. The van der Waals surface area contributed by atoms with E-state index in [1.165, 1.54) is 6.42 Å². The summed E-state index contributed by atoms with van der Waals surface area (Å²) in [5.74, 6) is 1.02. The number of carbonyl (C=O) groups is 1. The Morgan fingerprint density at radius 3 is 2.52 bits per heavy atom. The summed E-state index contributed by atoms with van der Waals surface area (Å²) < 4.78 is 3.46. The van der Waals surface area contributed by atoms with Crippen molar-refractivity contribution in [2.24, 2.45) is 0 Å². The second-order valence-electron chi connectivity index (χ2n) is 7.42. The molecule has 1 saturated heterocycles. The van der Waals surface area contributed by atoms with Crippen molar-refractivity contribution in [3.05, 3.63) is 16.3 Å². The lowest BCUT2D eigenvalue weighted by Crippen LogP contribution is -2.50. The van der Waals surface area contributed by atoms with Crippen LogP contribution in [0.15, 0.2) is 4.79 Å². The van der Waals surface area contributed by atoms with E-state index in [-0.39, 0.29) is 17.6 Å². The smallest absolute Gasteiger partial charge is 0.347 e. The third-order valence-corrected chi connectivity index (χ3v) is 4.90. The van der Waals surface area contributed by atoms with Gasteiger partial charge in [0.25, 0.3) is 0 Å². The number of nitrogens with zero attached hydrogens (tertiary/aromatic N) is 5. The van der Waals surface area contributed by atoms with Crippen LogP contribution in [0.3, 0.4) is 0 Å². The van der Waals surface area contributed by atoms with Crippen molar-refractivity contribution in [1.82, 2.24) is 29.5 Å². The van der Waals surface area contributed by atoms with Gasteiger partial charge in [0.05, 0.1) is 13.2 Å². The first kappa shape index (κ1) is 18.1. The standard InChI is InChI=1S/C17H30N6O2/c1-14(2)18-16(24)12-20-8-10-21(11-9-20)13-23-17(25)22-7-5-3-4-6-15(22)19-23/h14H,3-13H2,1-2H3,(H,18,24). The quantitative estimate of drug-likeness (QED) is 0.801. The van der Waals surface area contributed by atoms with Crippen LogP contribution in [0.5, 0.6) is 0 Å².